The zero-order valence-corrected chi connectivity index (χ0v) is 11.2. The first-order valence-corrected chi connectivity index (χ1v) is 5.74. The van der Waals surface area contributed by atoms with E-state index in [4.69, 9.17) is 12.2 Å². The molecule has 1 rings (SSSR count). The van der Waals surface area contributed by atoms with Gasteiger partial charge in [0, 0.05) is 18.0 Å². The molecule has 0 unspecified atom stereocenters. The van der Waals surface area contributed by atoms with Crippen LogP contribution in [0.3, 0.4) is 0 Å². The molecule has 2 N–H and O–H groups in total. The molecule has 0 aliphatic carbocycles. The minimum atomic E-state index is -0.668. The molecule has 6 heteroatoms. The number of hydrazone groups is 1. The predicted molar refractivity (Wildman–Crippen MR) is 73.7 cm³/mol. The molecule has 0 aliphatic rings. The van der Waals surface area contributed by atoms with Crippen molar-refractivity contribution in [3.05, 3.63) is 29.8 Å². The molecule has 0 amide bonds. The molecule has 0 aliphatic heterocycles. The van der Waals surface area contributed by atoms with E-state index < -0.39 is 11.6 Å². The highest BCUT2D eigenvalue weighted by molar-refractivity contribution is 7.80. The minimum Gasteiger partial charge on any atom is -0.331 e. The molecular formula is C12H15F2N3S. The Bertz CT molecular complexity index is 447. The van der Waals surface area contributed by atoms with Crippen molar-refractivity contribution in [2.45, 2.75) is 20.8 Å². The Morgan fingerprint density at radius 3 is 2.28 bits per heavy atom. The van der Waals surface area contributed by atoms with Crippen molar-refractivity contribution < 1.29 is 8.78 Å². The summed E-state index contributed by atoms with van der Waals surface area (Å²) in [5.74, 6) is -1.34. The van der Waals surface area contributed by atoms with Gasteiger partial charge in [-0.15, -0.1) is 0 Å². The van der Waals surface area contributed by atoms with Gasteiger partial charge in [-0.05, 0) is 29.8 Å². The molecule has 0 bridgehead atoms. The monoisotopic (exact) mass is 271 g/mol. The van der Waals surface area contributed by atoms with Crippen LogP contribution in [-0.2, 0) is 0 Å². The van der Waals surface area contributed by atoms with Crippen molar-refractivity contribution in [3.63, 3.8) is 0 Å². The second-order valence-corrected chi connectivity index (χ2v) is 5.26. The lowest BCUT2D eigenvalue weighted by Crippen LogP contribution is -2.25. The summed E-state index contributed by atoms with van der Waals surface area (Å²) >= 11 is 4.93. The fourth-order valence-electron chi connectivity index (χ4n) is 1.07. The largest absolute Gasteiger partial charge is 0.331 e. The van der Waals surface area contributed by atoms with Crippen LogP contribution in [0.4, 0.5) is 14.5 Å². The number of halogens is 2. The van der Waals surface area contributed by atoms with Crippen LogP contribution in [0.25, 0.3) is 0 Å². The highest BCUT2D eigenvalue weighted by atomic mass is 32.1. The zero-order valence-electron chi connectivity index (χ0n) is 10.4. The second kappa shape index (κ2) is 5.86. The first kappa shape index (κ1) is 14.5. The van der Waals surface area contributed by atoms with Crippen molar-refractivity contribution in [1.29, 1.82) is 0 Å². The molecule has 1 aromatic rings. The third kappa shape index (κ3) is 5.67. The van der Waals surface area contributed by atoms with Crippen LogP contribution < -0.4 is 10.7 Å². The van der Waals surface area contributed by atoms with Crippen molar-refractivity contribution in [1.82, 2.24) is 5.43 Å². The Kier molecular flexibility index (Phi) is 4.72. The molecule has 0 atom stereocenters. The van der Waals surface area contributed by atoms with Gasteiger partial charge in [-0.1, -0.05) is 20.8 Å². The third-order valence-electron chi connectivity index (χ3n) is 1.74. The lowest BCUT2D eigenvalue weighted by molar-refractivity contribution is 0.584. The van der Waals surface area contributed by atoms with Gasteiger partial charge in [0.2, 0.25) is 0 Å². The van der Waals surface area contributed by atoms with E-state index in [1.54, 1.807) is 6.21 Å². The number of anilines is 1. The Labute approximate surface area is 110 Å². The van der Waals surface area contributed by atoms with E-state index in [9.17, 15) is 8.78 Å². The van der Waals surface area contributed by atoms with E-state index >= 15 is 0 Å². The lowest BCUT2D eigenvalue weighted by Gasteiger charge is -2.11. The third-order valence-corrected chi connectivity index (χ3v) is 1.93. The Morgan fingerprint density at radius 1 is 1.22 bits per heavy atom. The first-order valence-electron chi connectivity index (χ1n) is 5.33. The van der Waals surface area contributed by atoms with E-state index in [2.05, 4.69) is 15.8 Å². The van der Waals surface area contributed by atoms with Crippen LogP contribution in [-0.4, -0.2) is 11.3 Å². The summed E-state index contributed by atoms with van der Waals surface area (Å²) in [6.45, 7) is 5.95. The second-order valence-electron chi connectivity index (χ2n) is 4.85. The molecule has 0 saturated heterocycles. The molecule has 18 heavy (non-hydrogen) atoms. The summed E-state index contributed by atoms with van der Waals surface area (Å²) in [4.78, 5) is 0. The van der Waals surface area contributed by atoms with Crippen molar-refractivity contribution in [3.8, 4) is 0 Å². The average molecular weight is 271 g/mol. The summed E-state index contributed by atoms with van der Waals surface area (Å²) < 4.78 is 25.8. The van der Waals surface area contributed by atoms with Crippen molar-refractivity contribution in [2.75, 3.05) is 5.32 Å². The highest BCUT2D eigenvalue weighted by Gasteiger charge is 2.05. The topological polar surface area (TPSA) is 36.4 Å². The van der Waals surface area contributed by atoms with Gasteiger partial charge in [0.25, 0.3) is 0 Å². The predicted octanol–water partition coefficient (Wildman–Crippen LogP) is 3.28. The van der Waals surface area contributed by atoms with Gasteiger partial charge in [-0.25, -0.2) is 8.78 Å². The van der Waals surface area contributed by atoms with Gasteiger partial charge in [-0.2, -0.15) is 5.10 Å². The Hall–Kier alpha value is -1.56. The van der Waals surface area contributed by atoms with Crippen LogP contribution in [0, 0.1) is 17.0 Å². The number of nitrogens with one attached hydrogen (secondary N) is 2. The summed E-state index contributed by atoms with van der Waals surface area (Å²) in [7, 11) is 0. The number of benzene rings is 1. The molecule has 0 spiro atoms. The maximum atomic E-state index is 12.9. The Morgan fingerprint density at radius 2 is 1.78 bits per heavy atom. The quantitative estimate of drug-likeness (QED) is 0.492. The van der Waals surface area contributed by atoms with Gasteiger partial charge in [0.05, 0.1) is 0 Å². The molecule has 0 heterocycles. The number of nitrogens with zero attached hydrogens (tertiary/aromatic N) is 1. The number of thiocarbonyl (C=S) groups is 1. The van der Waals surface area contributed by atoms with E-state index in [0.717, 1.165) is 18.2 Å². The van der Waals surface area contributed by atoms with Gasteiger partial charge in [0.15, 0.2) is 5.11 Å². The van der Waals surface area contributed by atoms with Gasteiger partial charge >= 0.3 is 0 Å². The maximum absolute atomic E-state index is 12.9. The molecule has 1 aromatic carbocycles. The lowest BCUT2D eigenvalue weighted by atomic mass is 9.99. The minimum absolute atomic E-state index is 0.0758. The van der Waals surface area contributed by atoms with Crippen LogP contribution >= 0.6 is 12.2 Å². The molecule has 3 nitrogen and oxygen atoms in total. The van der Waals surface area contributed by atoms with Gasteiger partial charge < -0.3 is 5.32 Å². The molecule has 0 fully saturated rings. The van der Waals surface area contributed by atoms with Crippen LogP contribution in [0.15, 0.2) is 23.3 Å². The average Bonchev–Trinajstić information content (AvgIpc) is 2.12. The number of hydrogen-bond acceptors (Lipinski definition) is 2. The highest BCUT2D eigenvalue weighted by Crippen LogP contribution is 2.12. The molecule has 0 aromatic heterocycles. The van der Waals surface area contributed by atoms with Gasteiger partial charge in [-0.3, -0.25) is 5.43 Å². The SMILES string of the molecule is CC(C)(C)/C=N/NC(=S)Nc1cc(F)cc(F)c1. The Balaban J connectivity index is 2.57. The standard InChI is InChI=1S/C12H15F2N3S/c1-12(2,3)7-15-17-11(18)16-10-5-8(13)4-9(14)6-10/h4-7H,1-3H3,(H2,16,17,18)/b15-7+. The molecular weight excluding hydrogens is 256 g/mol. The van der Waals surface area contributed by atoms with E-state index in [0.29, 0.717) is 0 Å². The van der Waals surface area contributed by atoms with Crippen LogP contribution in [0.2, 0.25) is 0 Å². The van der Waals surface area contributed by atoms with E-state index in [1.165, 1.54) is 0 Å². The summed E-state index contributed by atoms with van der Waals surface area (Å²) in [5, 5.41) is 6.72. The summed E-state index contributed by atoms with van der Waals surface area (Å²) in [5.41, 5.74) is 2.73. The zero-order chi connectivity index (χ0) is 13.8. The summed E-state index contributed by atoms with van der Waals surface area (Å²) in [6, 6.07) is 3.08. The van der Waals surface area contributed by atoms with Gasteiger partial charge in [0.1, 0.15) is 11.6 Å². The van der Waals surface area contributed by atoms with E-state index in [-0.39, 0.29) is 16.2 Å². The number of hydrogen-bond donors (Lipinski definition) is 2. The normalized spacial score (nSPS) is 11.6. The van der Waals surface area contributed by atoms with E-state index in [1.807, 2.05) is 20.8 Å². The molecule has 98 valence electrons. The maximum Gasteiger partial charge on any atom is 0.191 e. The van der Waals surface area contributed by atoms with Crippen molar-refractivity contribution in [2.24, 2.45) is 10.5 Å². The summed E-state index contributed by atoms with van der Waals surface area (Å²) in [6.07, 6.45) is 1.69. The smallest absolute Gasteiger partial charge is 0.191 e. The fraction of sp³-hybridized carbons (Fsp3) is 0.333. The van der Waals surface area contributed by atoms with Crippen LogP contribution in [0.1, 0.15) is 20.8 Å². The molecule has 0 radical (unpaired) electrons. The van der Waals surface area contributed by atoms with Crippen molar-refractivity contribution >= 4 is 29.2 Å². The first-order chi connectivity index (χ1) is 8.26. The molecule has 0 saturated carbocycles. The van der Waals surface area contributed by atoms with Crippen LogP contribution in [0.5, 0.6) is 0 Å². The number of rotatable bonds is 2. The fourth-order valence-corrected chi connectivity index (χ4v) is 1.24.